The lowest BCUT2D eigenvalue weighted by molar-refractivity contribution is -0.159. The highest BCUT2D eigenvalue weighted by Crippen LogP contribution is 2.34. The van der Waals surface area contributed by atoms with Crippen molar-refractivity contribution in [1.82, 2.24) is 0 Å². The van der Waals surface area contributed by atoms with Crippen molar-refractivity contribution >= 4 is 22.7 Å². The maximum absolute atomic E-state index is 13.1. The first-order chi connectivity index (χ1) is 14.6. The minimum absolute atomic E-state index is 0.0940. The second kappa shape index (κ2) is 10.4. The van der Waals surface area contributed by atoms with Crippen LogP contribution in [0.25, 0.3) is 10.8 Å². The van der Waals surface area contributed by atoms with Crippen molar-refractivity contribution in [2.24, 2.45) is 5.73 Å². The molecule has 164 valence electrons. The molecule has 3 aromatic carbocycles. The number of carbonyl (C=O) groups is 2. The lowest BCUT2D eigenvalue weighted by Crippen LogP contribution is -2.19. The van der Waals surface area contributed by atoms with Gasteiger partial charge in [0.2, 0.25) is 0 Å². The molecule has 0 saturated carbocycles. The van der Waals surface area contributed by atoms with Crippen LogP contribution < -0.4 is 10.5 Å². The minimum Gasteiger partial charge on any atom is -0.493 e. The van der Waals surface area contributed by atoms with Crippen molar-refractivity contribution in [2.45, 2.75) is 18.6 Å². The maximum atomic E-state index is 13.1. The first kappa shape index (κ1) is 23.7. The molecule has 0 amide bonds. The summed E-state index contributed by atoms with van der Waals surface area (Å²) in [7, 11) is 0. The molecule has 0 spiro atoms. The number of aliphatic carboxylic acids is 2. The van der Waals surface area contributed by atoms with Gasteiger partial charge in [-0.3, -0.25) is 0 Å². The molecule has 0 aliphatic rings. The standard InChI is InChI=1S/C20H18F3NO.C2H2O4/c21-20(22,23)17-10-4-3-9-16(17)18(24)12-13-25-19-11-5-7-14-6-1-2-8-15(14)19;3-1(4)2(5)6/h1-11,18H,12-13,24H2;(H,3,4)(H,5,6). The van der Waals surface area contributed by atoms with E-state index < -0.39 is 29.7 Å². The highest BCUT2D eigenvalue weighted by Gasteiger charge is 2.34. The van der Waals surface area contributed by atoms with Gasteiger partial charge in [-0.2, -0.15) is 13.2 Å². The van der Waals surface area contributed by atoms with Crippen molar-refractivity contribution in [3.63, 3.8) is 0 Å². The third-order valence-electron chi connectivity index (χ3n) is 4.28. The summed E-state index contributed by atoms with van der Waals surface area (Å²) in [6.07, 6.45) is -4.12. The second-order valence-electron chi connectivity index (χ2n) is 6.42. The number of benzene rings is 3. The number of hydrogen-bond acceptors (Lipinski definition) is 4. The molecular weight excluding hydrogens is 415 g/mol. The fourth-order valence-electron chi connectivity index (χ4n) is 2.85. The van der Waals surface area contributed by atoms with Crippen LogP contribution in [0.1, 0.15) is 23.6 Å². The smallest absolute Gasteiger partial charge is 0.416 e. The van der Waals surface area contributed by atoms with Gasteiger partial charge >= 0.3 is 18.1 Å². The van der Waals surface area contributed by atoms with E-state index in [9.17, 15) is 13.2 Å². The summed E-state index contributed by atoms with van der Waals surface area (Å²) in [5.74, 6) is -2.94. The number of halogens is 3. The van der Waals surface area contributed by atoms with E-state index in [1.807, 2.05) is 42.5 Å². The second-order valence-corrected chi connectivity index (χ2v) is 6.42. The summed E-state index contributed by atoms with van der Waals surface area (Å²) in [5, 5.41) is 16.8. The van der Waals surface area contributed by atoms with Crippen LogP contribution in [0.4, 0.5) is 13.2 Å². The number of fused-ring (bicyclic) bond motifs is 1. The number of carboxylic acid groups (broad SMARTS) is 2. The number of ether oxygens (including phenoxy) is 1. The Labute approximate surface area is 175 Å². The molecule has 1 unspecified atom stereocenters. The highest BCUT2D eigenvalue weighted by molar-refractivity contribution is 6.27. The Hall–Kier alpha value is -3.59. The molecule has 0 bridgehead atoms. The van der Waals surface area contributed by atoms with Gasteiger partial charge < -0.3 is 20.7 Å². The lowest BCUT2D eigenvalue weighted by Gasteiger charge is -2.18. The van der Waals surface area contributed by atoms with Crippen LogP contribution in [-0.4, -0.2) is 28.8 Å². The Balaban J connectivity index is 0.000000501. The first-order valence-corrected chi connectivity index (χ1v) is 9.09. The number of carboxylic acids is 2. The van der Waals surface area contributed by atoms with Crippen LogP contribution in [-0.2, 0) is 15.8 Å². The van der Waals surface area contributed by atoms with E-state index in [4.69, 9.17) is 30.3 Å². The largest absolute Gasteiger partial charge is 0.493 e. The first-order valence-electron chi connectivity index (χ1n) is 9.09. The number of alkyl halides is 3. The Morgan fingerprint density at radius 2 is 1.48 bits per heavy atom. The van der Waals surface area contributed by atoms with Crippen LogP contribution in [0.2, 0.25) is 0 Å². The van der Waals surface area contributed by atoms with Crippen molar-refractivity contribution in [3.8, 4) is 5.75 Å². The van der Waals surface area contributed by atoms with E-state index in [0.717, 1.165) is 16.8 Å². The molecule has 0 aliphatic carbocycles. The van der Waals surface area contributed by atoms with Crippen LogP contribution >= 0.6 is 0 Å². The molecule has 0 radical (unpaired) electrons. The number of nitrogens with two attached hydrogens (primary N) is 1. The van der Waals surface area contributed by atoms with E-state index in [1.54, 1.807) is 6.07 Å². The summed E-state index contributed by atoms with van der Waals surface area (Å²) in [5.41, 5.74) is 5.40. The predicted octanol–water partition coefficient (Wildman–Crippen LogP) is 4.48. The summed E-state index contributed by atoms with van der Waals surface area (Å²) in [6, 6.07) is 18.2. The van der Waals surface area contributed by atoms with Crippen molar-refractivity contribution < 1.29 is 37.7 Å². The molecule has 6 nitrogen and oxygen atoms in total. The monoisotopic (exact) mass is 435 g/mol. The number of hydrogen-bond donors (Lipinski definition) is 3. The molecule has 31 heavy (non-hydrogen) atoms. The maximum Gasteiger partial charge on any atom is 0.416 e. The minimum atomic E-state index is -4.41. The lowest BCUT2D eigenvalue weighted by atomic mass is 9.98. The van der Waals surface area contributed by atoms with Gasteiger partial charge in [0.25, 0.3) is 0 Å². The third kappa shape index (κ3) is 6.71. The van der Waals surface area contributed by atoms with E-state index in [1.165, 1.54) is 12.1 Å². The van der Waals surface area contributed by atoms with Gasteiger partial charge in [0.15, 0.2) is 0 Å². The quantitative estimate of drug-likeness (QED) is 0.510. The highest BCUT2D eigenvalue weighted by atomic mass is 19.4. The Kier molecular flexibility index (Phi) is 7.98. The molecule has 3 rings (SSSR count). The Morgan fingerprint density at radius 1 is 0.903 bits per heavy atom. The van der Waals surface area contributed by atoms with E-state index >= 15 is 0 Å². The van der Waals surface area contributed by atoms with E-state index in [0.29, 0.717) is 5.75 Å². The van der Waals surface area contributed by atoms with Crippen LogP contribution in [0.5, 0.6) is 5.75 Å². The fraction of sp³-hybridized carbons (Fsp3) is 0.182. The SMILES string of the molecule is NC(CCOc1cccc2ccccc12)c1ccccc1C(F)(F)F.O=C(O)C(=O)O. The summed E-state index contributed by atoms with van der Waals surface area (Å²) in [4.78, 5) is 18.2. The summed E-state index contributed by atoms with van der Waals surface area (Å²) in [6.45, 7) is 0.237. The zero-order chi connectivity index (χ0) is 23.0. The Bertz CT molecular complexity index is 1040. The van der Waals surface area contributed by atoms with Gasteiger partial charge in [0.05, 0.1) is 12.2 Å². The average molecular weight is 435 g/mol. The summed E-state index contributed by atoms with van der Waals surface area (Å²) >= 11 is 0. The molecule has 0 saturated heterocycles. The molecule has 0 aliphatic heterocycles. The number of rotatable bonds is 5. The molecule has 4 N–H and O–H groups in total. The van der Waals surface area contributed by atoms with Crippen LogP contribution in [0, 0.1) is 0 Å². The van der Waals surface area contributed by atoms with Gasteiger partial charge in [-0.1, -0.05) is 54.6 Å². The van der Waals surface area contributed by atoms with Crippen LogP contribution in [0.15, 0.2) is 66.7 Å². The van der Waals surface area contributed by atoms with Crippen molar-refractivity contribution in [2.75, 3.05) is 6.61 Å². The fourth-order valence-corrected chi connectivity index (χ4v) is 2.85. The van der Waals surface area contributed by atoms with E-state index in [2.05, 4.69) is 0 Å². The van der Waals surface area contributed by atoms with Crippen molar-refractivity contribution in [1.29, 1.82) is 0 Å². The molecule has 3 aromatic rings. The molecule has 1 atom stereocenters. The van der Waals surface area contributed by atoms with Gasteiger partial charge in [-0.05, 0) is 23.1 Å². The van der Waals surface area contributed by atoms with Gasteiger partial charge in [-0.15, -0.1) is 0 Å². The molecule has 0 heterocycles. The zero-order valence-electron chi connectivity index (χ0n) is 16.2. The predicted molar refractivity (Wildman–Crippen MR) is 108 cm³/mol. The Morgan fingerprint density at radius 3 is 2.13 bits per heavy atom. The summed E-state index contributed by atoms with van der Waals surface area (Å²) < 4.78 is 45.0. The molecule has 0 fully saturated rings. The van der Waals surface area contributed by atoms with E-state index in [-0.39, 0.29) is 18.6 Å². The van der Waals surface area contributed by atoms with Gasteiger partial charge in [0.1, 0.15) is 5.75 Å². The normalized spacial score (nSPS) is 11.9. The van der Waals surface area contributed by atoms with Crippen molar-refractivity contribution in [3.05, 3.63) is 77.9 Å². The molecular formula is C22H20F3NO5. The molecule has 9 heteroatoms. The van der Waals surface area contributed by atoms with Crippen LogP contribution in [0.3, 0.4) is 0 Å². The average Bonchev–Trinajstić information content (AvgIpc) is 2.73. The third-order valence-corrected chi connectivity index (χ3v) is 4.28. The van der Waals surface area contributed by atoms with Gasteiger partial charge in [0, 0.05) is 17.8 Å². The zero-order valence-corrected chi connectivity index (χ0v) is 16.2. The van der Waals surface area contributed by atoms with Gasteiger partial charge in [-0.25, -0.2) is 9.59 Å². The molecule has 0 aromatic heterocycles. The topological polar surface area (TPSA) is 110 Å².